The number of carbonyl (C=O) groups excluding carboxylic acids is 1. The van der Waals surface area contributed by atoms with Gasteiger partial charge in [-0.15, -0.1) is 0 Å². The topological polar surface area (TPSA) is 85.4 Å². The van der Waals surface area contributed by atoms with Crippen molar-refractivity contribution in [1.29, 1.82) is 0 Å². The zero-order valence-corrected chi connectivity index (χ0v) is 16.1. The molecule has 148 valence electrons. The molecule has 0 atom stereocenters. The Kier molecular flexibility index (Phi) is 4.67. The Balaban J connectivity index is 1.39. The van der Waals surface area contributed by atoms with Crippen LogP contribution >= 0.6 is 0 Å². The van der Waals surface area contributed by atoms with E-state index in [1.54, 1.807) is 11.8 Å². The molecule has 1 spiro atoms. The maximum Gasteiger partial charge on any atom is 0.409 e. The summed E-state index contributed by atoms with van der Waals surface area (Å²) in [4.78, 5) is 13.4. The minimum atomic E-state index is -3.48. The van der Waals surface area contributed by atoms with Crippen LogP contribution in [-0.4, -0.2) is 67.5 Å². The molecular formula is C18H24N2O6S. The number of amides is 1. The lowest BCUT2D eigenvalue weighted by Crippen LogP contribution is -2.48. The van der Waals surface area contributed by atoms with Crippen molar-refractivity contribution in [2.45, 2.75) is 37.2 Å². The molecular weight excluding hydrogens is 372 g/mol. The van der Waals surface area contributed by atoms with Crippen LogP contribution in [-0.2, 0) is 14.8 Å². The first-order valence-corrected chi connectivity index (χ1v) is 10.8. The molecule has 2 saturated heterocycles. The molecule has 3 aliphatic heterocycles. The molecule has 0 saturated carbocycles. The molecule has 1 aromatic carbocycles. The molecule has 0 bridgehead atoms. The Morgan fingerprint density at radius 3 is 2.41 bits per heavy atom. The van der Waals surface area contributed by atoms with Gasteiger partial charge in [-0.2, -0.15) is 4.31 Å². The van der Waals surface area contributed by atoms with Crippen molar-refractivity contribution in [2.24, 2.45) is 0 Å². The van der Waals surface area contributed by atoms with Crippen molar-refractivity contribution < 1.29 is 27.4 Å². The average Bonchev–Trinajstić information content (AvgIpc) is 3.25. The Bertz CT molecular complexity index is 794. The fourth-order valence-corrected chi connectivity index (χ4v) is 5.86. The summed E-state index contributed by atoms with van der Waals surface area (Å²) in [6.07, 6.45) is 0.931. The molecule has 27 heavy (non-hydrogen) atoms. The highest BCUT2D eigenvalue weighted by Gasteiger charge is 2.51. The summed E-state index contributed by atoms with van der Waals surface area (Å²) >= 11 is 0. The molecule has 0 N–H and O–H groups in total. The van der Waals surface area contributed by atoms with Crippen LogP contribution < -0.4 is 9.47 Å². The molecule has 8 nitrogen and oxygen atoms in total. The van der Waals surface area contributed by atoms with Gasteiger partial charge in [0.15, 0.2) is 11.5 Å². The molecule has 3 heterocycles. The van der Waals surface area contributed by atoms with Gasteiger partial charge in [0, 0.05) is 26.1 Å². The lowest BCUT2D eigenvalue weighted by atomic mass is 10.1. The first-order chi connectivity index (χ1) is 12.9. The fraction of sp³-hybridized carbons (Fsp3) is 0.611. The Morgan fingerprint density at radius 1 is 1.19 bits per heavy atom. The van der Waals surface area contributed by atoms with Crippen LogP contribution in [0.15, 0.2) is 24.3 Å². The van der Waals surface area contributed by atoms with Gasteiger partial charge in [-0.1, -0.05) is 12.1 Å². The number of para-hydroxylation sites is 2. The first-order valence-electron chi connectivity index (χ1n) is 9.31. The maximum atomic E-state index is 13.1. The van der Waals surface area contributed by atoms with Gasteiger partial charge in [-0.25, -0.2) is 13.2 Å². The summed E-state index contributed by atoms with van der Waals surface area (Å²) in [5, 5.41) is -0.498. The van der Waals surface area contributed by atoms with E-state index in [9.17, 15) is 13.2 Å². The molecule has 9 heteroatoms. The predicted molar refractivity (Wildman–Crippen MR) is 97.2 cm³/mol. The molecule has 0 unspecified atom stereocenters. The monoisotopic (exact) mass is 396 g/mol. The minimum Gasteiger partial charge on any atom is -0.450 e. The zero-order chi connectivity index (χ0) is 19.1. The lowest BCUT2D eigenvalue weighted by molar-refractivity contribution is -0.0634. The van der Waals surface area contributed by atoms with E-state index in [0.29, 0.717) is 57.0 Å². The van der Waals surface area contributed by atoms with E-state index in [-0.39, 0.29) is 12.6 Å². The van der Waals surface area contributed by atoms with Gasteiger partial charge < -0.3 is 19.1 Å². The fourth-order valence-electron chi connectivity index (χ4n) is 3.91. The summed E-state index contributed by atoms with van der Waals surface area (Å²) in [6, 6.07) is 7.38. The number of hydrogen-bond acceptors (Lipinski definition) is 6. The highest BCUT2D eigenvalue weighted by Crippen LogP contribution is 2.43. The third kappa shape index (κ3) is 3.34. The summed E-state index contributed by atoms with van der Waals surface area (Å²) in [7, 11) is -3.48. The smallest absolute Gasteiger partial charge is 0.409 e. The molecule has 3 aliphatic rings. The van der Waals surface area contributed by atoms with Crippen molar-refractivity contribution in [3.8, 4) is 11.5 Å². The van der Waals surface area contributed by atoms with Crippen LogP contribution in [0.2, 0.25) is 0 Å². The van der Waals surface area contributed by atoms with E-state index in [1.807, 2.05) is 24.3 Å². The summed E-state index contributed by atoms with van der Waals surface area (Å²) < 4.78 is 44.5. The molecule has 0 aromatic heterocycles. The predicted octanol–water partition coefficient (Wildman–Crippen LogP) is 1.81. The normalized spacial score (nSPS) is 22.3. The van der Waals surface area contributed by atoms with Crippen molar-refractivity contribution in [2.75, 3.05) is 32.8 Å². The van der Waals surface area contributed by atoms with E-state index >= 15 is 0 Å². The Morgan fingerprint density at radius 2 is 1.81 bits per heavy atom. The second-order valence-electron chi connectivity index (χ2n) is 7.08. The standard InChI is InChI=1S/C18H24N2O6S/c1-2-24-17(21)19-10-7-14(8-11-19)27(22,23)20-12-9-18(13-20)25-15-5-3-4-6-16(15)26-18/h3-6,14H,2,7-13H2,1H3. The number of likely N-dealkylation sites (tertiary alicyclic amines) is 1. The Labute approximate surface area is 159 Å². The van der Waals surface area contributed by atoms with Gasteiger partial charge >= 0.3 is 6.09 Å². The summed E-state index contributed by atoms with van der Waals surface area (Å²) in [5.41, 5.74) is 0. The van der Waals surface area contributed by atoms with Crippen molar-refractivity contribution in [3.05, 3.63) is 24.3 Å². The lowest BCUT2D eigenvalue weighted by Gasteiger charge is -2.33. The average molecular weight is 396 g/mol. The van der Waals surface area contributed by atoms with E-state index in [4.69, 9.17) is 14.2 Å². The number of nitrogens with zero attached hydrogens (tertiary/aromatic N) is 2. The molecule has 1 aromatic rings. The van der Waals surface area contributed by atoms with E-state index in [0.717, 1.165) is 0 Å². The number of ether oxygens (including phenoxy) is 3. The molecule has 0 aliphatic carbocycles. The van der Waals surface area contributed by atoms with Crippen molar-refractivity contribution in [3.63, 3.8) is 0 Å². The second kappa shape index (κ2) is 6.87. The largest absolute Gasteiger partial charge is 0.450 e. The summed E-state index contributed by atoms with van der Waals surface area (Å²) in [5.74, 6) is 0.376. The quantitative estimate of drug-likeness (QED) is 0.775. The molecule has 2 fully saturated rings. The second-order valence-corrected chi connectivity index (χ2v) is 9.29. The maximum absolute atomic E-state index is 13.1. The minimum absolute atomic E-state index is 0.183. The van der Waals surface area contributed by atoms with Crippen LogP contribution in [0.5, 0.6) is 11.5 Å². The van der Waals surface area contributed by atoms with E-state index < -0.39 is 21.1 Å². The van der Waals surface area contributed by atoms with Crippen LogP contribution in [0, 0.1) is 0 Å². The van der Waals surface area contributed by atoms with Gasteiger partial charge in [-0.05, 0) is 31.9 Å². The first kappa shape index (κ1) is 18.4. The number of fused-ring (bicyclic) bond motifs is 1. The number of carbonyl (C=O) groups is 1. The van der Waals surface area contributed by atoms with Crippen LogP contribution in [0.1, 0.15) is 26.2 Å². The SMILES string of the molecule is CCOC(=O)N1CCC(S(=O)(=O)N2CCC3(C2)Oc2ccccc2O3)CC1. The number of rotatable bonds is 3. The van der Waals surface area contributed by atoms with Crippen LogP contribution in [0.4, 0.5) is 4.79 Å². The van der Waals surface area contributed by atoms with Gasteiger partial charge in [0.1, 0.15) is 0 Å². The van der Waals surface area contributed by atoms with Gasteiger partial charge in [-0.3, -0.25) is 0 Å². The third-order valence-corrected chi connectivity index (χ3v) is 7.69. The van der Waals surface area contributed by atoms with Gasteiger partial charge in [0.25, 0.3) is 5.79 Å². The molecule has 0 radical (unpaired) electrons. The number of sulfonamides is 1. The Hall–Kier alpha value is -2.00. The van der Waals surface area contributed by atoms with Crippen LogP contribution in [0.3, 0.4) is 0 Å². The third-order valence-electron chi connectivity index (χ3n) is 5.35. The van der Waals surface area contributed by atoms with Crippen LogP contribution in [0.25, 0.3) is 0 Å². The molecule has 1 amide bonds. The van der Waals surface area contributed by atoms with E-state index in [2.05, 4.69) is 0 Å². The number of benzene rings is 1. The zero-order valence-electron chi connectivity index (χ0n) is 15.3. The van der Waals surface area contributed by atoms with Crippen molar-refractivity contribution >= 4 is 16.1 Å². The van der Waals surface area contributed by atoms with Crippen molar-refractivity contribution in [1.82, 2.24) is 9.21 Å². The molecule has 4 rings (SSSR count). The highest BCUT2D eigenvalue weighted by atomic mass is 32.2. The van der Waals surface area contributed by atoms with Gasteiger partial charge in [0.2, 0.25) is 10.0 Å². The highest BCUT2D eigenvalue weighted by molar-refractivity contribution is 7.89. The number of piperidine rings is 1. The van der Waals surface area contributed by atoms with E-state index in [1.165, 1.54) is 4.31 Å². The van der Waals surface area contributed by atoms with Gasteiger partial charge in [0.05, 0.1) is 18.4 Å². The summed E-state index contributed by atoms with van der Waals surface area (Å²) in [6.45, 7) is 3.40. The number of hydrogen-bond donors (Lipinski definition) is 0.